The van der Waals surface area contributed by atoms with Gasteiger partial charge in [0.05, 0.1) is 11.5 Å². The van der Waals surface area contributed by atoms with Gasteiger partial charge in [-0.2, -0.15) is 0 Å². The van der Waals surface area contributed by atoms with Crippen LogP contribution >= 0.6 is 12.2 Å². The summed E-state index contributed by atoms with van der Waals surface area (Å²) in [5.41, 5.74) is 5.35. The second-order valence-corrected chi connectivity index (χ2v) is 3.76. The third-order valence-corrected chi connectivity index (χ3v) is 2.08. The minimum atomic E-state index is -0.763. The van der Waals surface area contributed by atoms with Crippen LogP contribution < -0.4 is 16.4 Å². The maximum absolute atomic E-state index is 11.2. The lowest BCUT2D eigenvalue weighted by molar-refractivity contribution is -0.383. The molecule has 0 aliphatic carbocycles. The molecule has 102 valence electrons. The van der Waals surface area contributed by atoms with Gasteiger partial charge in [0.1, 0.15) is 5.69 Å². The van der Waals surface area contributed by atoms with Crippen LogP contribution in [0.4, 0.5) is 21.9 Å². The molecule has 0 spiro atoms. The summed E-state index contributed by atoms with van der Waals surface area (Å²) in [5.74, 6) is 0. The van der Waals surface area contributed by atoms with E-state index >= 15 is 0 Å². The molecule has 0 aromatic heterocycles. The van der Waals surface area contributed by atoms with E-state index in [9.17, 15) is 14.9 Å². The van der Waals surface area contributed by atoms with Gasteiger partial charge in [0.25, 0.3) is 5.69 Å². The summed E-state index contributed by atoms with van der Waals surface area (Å²) in [6, 6.07) is 4.06. The van der Waals surface area contributed by atoms with E-state index in [0.29, 0.717) is 5.69 Å². The number of hydrogen-bond donors (Lipinski definition) is 3. The van der Waals surface area contributed by atoms with Crippen LogP contribution in [0.3, 0.4) is 0 Å². The average molecular weight is 284 g/mol. The monoisotopic (exact) mass is 284 g/mol. The van der Waals surface area contributed by atoms with Crippen LogP contribution in [0.15, 0.2) is 18.2 Å². The van der Waals surface area contributed by atoms with E-state index in [-0.39, 0.29) is 23.1 Å². The number of carbonyl (C=O) groups excluding carboxylic acids is 1. The Kier molecular flexibility index (Phi) is 5.01. The first-order chi connectivity index (χ1) is 8.93. The zero-order valence-corrected chi connectivity index (χ0v) is 10.8. The van der Waals surface area contributed by atoms with Crippen LogP contribution in [-0.2, 0) is 4.74 Å². The van der Waals surface area contributed by atoms with Crippen molar-refractivity contribution in [2.24, 2.45) is 5.73 Å². The molecule has 0 atom stereocenters. The fraction of sp³-hybridized carbons (Fsp3) is 0.200. The third kappa shape index (κ3) is 4.39. The molecule has 8 nitrogen and oxygen atoms in total. The summed E-state index contributed by atoms with van der Waals surface area (Å²) < 4.78 is 4.65. The van der Waals surface area contributed by atoms with Gasteiger partial charge in [0, 0.05) is 11.8 Å². The van der Waals surface area contributed by atoms with Gasteiger partial charge < -0.3 is 15.8 Å². The maximum atomic E-state index is 11.2. The lowest BCUT2D eigenvalue weighted by Gasteiger charge is -2.08. The number of nitrogens with one attached hydrogen (secondary N) is 2. The van der Waals surface area contributed by atoms with Crippen molar-refractivity contribution < 1.29 is 14.5 Å². The highest BCUT2D eigenvalue weighted by Crippen LogP contribution is 2.27. The molecule has 19 heavy (non-hydrogen) atoms. The Morgan fingerprint density at radius 3 is 2.74 bits per heavy atom. The number of carbonyl (C=O) groups is 1. The molecular weight excluding hydrogens is 272 g/mol. The van der Waals surface area contributed by atoms with Gasteiger partial charge in [-0.25, -0.2) is 4.79 Å². The fourth-order valence-electron chi connectivity index (χ4n) is 1.29. The molecule has 1 rings (SSSR count). The molecule has 0 unspecified atom stereocenters. The summed E-state index contributed by atoms with van der Waals surface area (Å²) in [5, 5.41) is 15.8. The number of amides is 1. The van der Waals surface area contributed by atoms with Crippen molar-refractivity contribution in [1.29, 1.82) is 0 Å². The Balaban J connectivity index is 3.01. The zero-order valence-electron chi connectivity index (χ0n) is 10.0. The van der Waals surface area contributed by atoms with Crippen molar-refractivity contribution in [1.82, 2.24) is 0 Å². The Labute approximate surface area is 114 Å². The number of thiocarbonyl (C=S) groups is 1. The Bertz CT molecular complexity index is 520. The van der Waals surface area contributed by atoms with Gasteiger partial charge in [0.2, 0.25) is 0 Å². The first-order valence-corrected chi connectivity index (χ1v) is 5.63. The van der Waals surface area contributed by atoms with Crippen molar-refractivity contribution in [3.63, 3.8) is 0 Å². The zero-order chi connectivity index (χ0) is 14.4. The Morgan fingerprint density at radius 2 is 2.21 bits per heavy atom. The molecule has 0 aliphatic rings. The van der Waals surface area contributed by atoms with Crippen LogP contribution in [-0.4, -0.2) is 22.7 Å². The molecule has 0 saturated carbocycles. The number of hydrogen-bond acceptors (Lipinski definition) is 5. The molecule has 0 radical (unpaired) electrons. The van der Waals surface area contributed by atoms with Crippen LogP contribution in [0, 0.1) is 10.1 Å². The number of ether oxygens (including phenoxy) is 1. The van der Waals surface area contributed by atoms with Crippen LogP contribution in [0.25, 0.3) is 0 Å². The van der Waals surface area contributed by atoms with Gasteiger partial charge in [-0.1, -0.05) is 0 Å². The first kappa shape index (κ1) is 14.6. The van der Waals surface area contributed by atoms with E-state index in [4.69, 9.17) is 5.73 Å². The topological polar surface area (TPSA) is 120 Å². The highest BCUT2D eigenvalue weighted by atomic mass is 32.1. The number of nitro groups is 1. The summed E-state index contributed by atoms with van der Waals surface area (Å²) in [4.78, 5) is 21.5. The number of nitro benzene ring substituents is 1. The van der Waals surface area contributed by atoms with E-state index in [1.165, 1.54) is 18.2 Å². The SMILES string of the molecule is CCOC(=O)Nc1ccc(NC(N)=S)cc1[N+](=O)[O-]. The summed E-state index contributed by atoms with van der Waals surface area (Å²) in [6.45, 7) is 1.80. The van der Waals surface area contributed by atoms with Gasteiger partial charge >= 0.3 is 6.09 Å². The fourth-order valence-corrected chi connectivity index (χ4v) is 1.40. The van der Waals surface area contributed by atoms with Gasteiger partial charge in [-0.05, 0) is 31.3 Å². The second kappa shape index (κ2) is 6.50. The van der Waals surface area contributed by atoms with Crippen LogP contribution in [0.2, 0.25) is 0 Å². The molecule has 1 aromatic rings. The minimum absolute atomic E-state index is 0.0135. The summed E-state index contributed by atoms with van der Waals surface area (Å²) >= 11 is 4.63. The summed E-state index contributed by atoms with van der Waals surface area (Å²) in [7, 11) is 0. The lowest BCUT2D eigenvalue weighted by Crippen LogP contribution is -2.19. The molecule has 0 bridgehead atoms. The van der Waals surface area contributed by atoms with Gasteiger partial charge in [-0.15, -0.1) is 0 Å². The van der Waals surface area contributed by atoms with Crippen LogP contribution in [0.5, 0.6) is 0 Å². The number of anilines is 2. The highest BCUT2D eigenvalue weighted by molar-refractivity contribution is 7.80. The standard InChI is InChI=1S/C10H12N4O4S/c1-2-18-10(15)13-7-4-3-6(12-9(11)19)5-8(7)14(16)17/h3-5H,2H2,1H3,(H,13,15)(H3,11,12,19). The molecule has 0 saturated heterocycles. The van der Waals surface area contributed by atoms with E-state index in [1.54, 1.807) is 6.92 Å². The predicted octanol–water partition coefficient (Wildman–Crippen LogP) is 1.82. The van der Waals surface area contributed by atoms with Gasteiger partial charge in [-0.3, -0.25) is 15.4 Å². The molecule has 0 heterocycles. The molecule has 1 amide bonds. The number of nitrogens with zero attached hydrogens (tertiary/aromatic N) is 1. The predicted molar refractivity (Wildman–Crippen MR) is 74.1 cm³/mol. The van der Waals surface area contributed by atoms with E-state index in [0.717, 1.165) is 0 Å². The molecule has 0 fully saturated rings. The van der Waals surface area contributed by atoms with E-state index in [2.05, 4.69) is 27.6 Å². The van der Waals surface area contributed by atoms with Crippen LogP contribution in [0.1, 0.15) is 6.92 Å². The van der Waals surface area contributed by atoms with Crippen molar-refractivity contribution in [2.45, 2.75) is 6.92 Å². The molecule has 4 N–H and O–H groups in total. The minimum Gasteiger partial charge on any atom is -0.450 e. The van der Waals surface area contributed by atoms with E-state index < -0.39 is 11.0 Å². The quantitative estimate of drug-likeness (QED) is 0.438. The van der Waals surface area contributed by atoms with Crippen molar-refractivity contribution >= 4 is 40.5 Å². The average Bonchev–Trinajstić information content (AvgIpc) is 2.30. The Hall–Kier alpha value is -2.42. The molecular formula is C10H12N4O4S. The largest absolute Gasteiger partial charge is 0.450 e. The van der Waals surface area contributed by atoms with Crippen molar-refractivity contribution in [3.05, 3.63) is 28.3 Å². The number of benzene rings is 1. The lowest BCUT2D eigenvalue weighted by atomic mass is 10.2. The maximum Gasteiger partial charge on any atom is 0.411 e. The van der Waals surface area contributed by atoms with E-state index in [1.807, 2.05) is 0 Å². The van der Waals surface area contributed by atoms with Gasteiger partial charge in [0.15, 0.2) is 5.11 Å². The molecule has 0 aliphatic heterocycles. The smallest absolute Gasteiger partial charge is 0.411 e. The van der Waals surface area contributed by atoms with Crippen molar-refractivity contribution in [3.8, 4) is 0 Å². The molecule has 1 aromatic carbocycles. The Morgan fingerprint density at radius 1 is 1.53 bits per heavy atom. The highest BCUT2D eigenvalue weighted by Gasteiger charge is 2.17. The third-order valence-electron chi connectivity index (χ3n) is 1.97. The summed E-state index contributed by atoms with van der Waals surface area (Å²) in [6.07, 6.45) is -0.763. The molecule has 9 heteroatoms. The van der Waals surface area contributed by atoms with Crippen molar-refractivity contribution in [2.75, 3.05) is 17.2 Å². The first-order valence-electron chi connectivity index (χ1n) is 5.22. The second-order valence-electron chi connectivity index (χ2n) is 3.32. The number of rotatable bonds is 4. The number of nitrogens with two attached hydrogens (primary N) is 1. The normalized spacial score (nSPS) is 9.53.